The number of fused-ring (bicyclic) bond motifs is 1. The van der Waals surface area contributed by atoms with Gasteiger partial charge in [-0.15, -0.1) is 0 Å². The van der Waals surface area contributed by atoms with Crippen LogP contribution in [0, 0.1) is 11.3 Å². The van der Waals surface area contributed by atoms with E-state index >= 15 is 0 Å². The van der Waals surface area contributed by atoms with Gasteiger partial charge in [0, 0.05) is 5.56 Å². The average molecular weight is 321 g/mol. The number of ketones is 1. The smallest absolute Gasteiger partial charge is 0.203 e. The zero-order valence-corrected chi connectivity index (χ0v) is 13.1. The third-order valence-electron chi connectivity index (χ3n) is 3.57. The van der Waals surface area contributed by atoms with Gasteiger partial charge in [0.2, 0.25) is 5.78 Å². The summed E-state index contributed by atoms with van der Waals surface area (Å²) in [7, 11) is 1.53. The number of carbonyl (C=O) groups is 1. The fourth-order valence-corrected chi connectivity index (χ4v) is 2.38. The highest BCUT2D eigenvalue weighted by Gasteiger charge is 2.15. The van der Waals surface area contributed by atoms with Crippen molar-refractivity contribution < 1.29 is 19.0 Å². The summed E-state index contributed by atoms with van der Waals surface area (Å²) in [5.74, 6) is 1.49. The molecule has 5 heteroatoms. The van der Waals surface area contributed by atoms with E-state index < -0.39 is 0 Å². The SMILES string of the molecule is COc1cccc(C(=O)C(C#N)=Cc2ccc3c(c2)OCCO3)c1. The van der Waals surface area contributed by atoms with E-state index in [1.807, 2.05) is 6.07 Å². The van der Waals surface area contributed by atoms with Gasteiger partial charge in [-0.2, -0.15) is 5.26 Å². The summed E-state index contributed by atoms with van der Waals surface area (Å²) in [4.78, 5) is 12.5. The second-order valence-electron chi connectivity index (χ2n) is 5.13. The lowest BCUT2D eigenvalue weighted by atomic mass is 10.0. The Morgan fingerprint density at radius 1 is 1.17 bits per heavy atom. The first-order valence-electron chi connectivity index (χ1n) is 7.41. The summed E-state index contributed by atoms with van der Waals surface area (Å²) in [6.07, 6.45) is 1.54. The van der Waals surface area contributed by atoms with Gasteiger partial charge in [0.25, 0.3) is 0 Å². The third kappa shape index (κ3) is 3.23. The highest BCUT2D eigenvalue weighted by atomic mass is 16.6. The van der Waals surface area contributed by atoms with Crippen molar-refractivity contribution in [2.45, 2.75) is 0 Å². The minimum Gasteiger partial charge on any atom is -0.497 e. The van der Waals surface area contributed by atoms with Crippen LogP contribution in [0.15, 0.2) is 48.0 Å². The number of nitrogens with zero attached hydrogens (tertiary/aromatic N) is 1. The molecule has 1 aliphatic rings. The molecule has 0 saturated carbocycles. The number of benzene rings is 2. The maximum Gasteiger partial charge on any atom is 0.203 e. The summed E-state index contributed by atoms with van der Waals surface area (Å²) >= 11 is 0. The molecule has 0 saturated heterocycles. The van der Waals surface area contributed by atoms with Gasteiger partial charge in [-0.25, -0.2) is 0 Å². The third-order valence-corrected chi connectivity index (χ3v) is 3.57. The van der Waals surface area contributed by atoms with Gasteiger partial charge < -0.3 is 14.2 Å². The van der Waals surface area contributed by atoms with Crippen molar-refractivity contribution in [3.05, 3.63) is 59.2 Å². The average Bonchev–Trinajstić information content (AvgIpc) is 2.65. The maximum absolute atomic E-state index is 12.5. The molecule has 3 rings (SSSR count). The standard InChI is InChI=1S/C19H15NO4/c1-22-16-4-2-3-14(11-16)19(21)15(12-20)9-13-5-6-17-18(10-13)24-8-7-23-17/h2-6,9-11H,7-8H2,1H3. The van der Waals surface area contributed by atoms with E-state index in [2.05, 4.69) is 0 Å². The Morgan fingerprint density at radius 3 is 2.71 bits per heavy atom. The van der Waals surface area contributed by atoms with Crippen LogP contribution in [0.5, 0.6) is 17.2 Å². The zero-order chi connectivity index (χ0) is 16.9. The normalized spacial score (nSPS) is 13.1. The Bertz CT molecular complexity index is 849. The van der Waals surface area contributed by atoms with Crippen LogP contribution in [-0.2, 0) is 0 Å². The van der Waals surface area contributed by atoms with Crippen LogP contribution in [0.1, 0.15) is 15.9 Å². The highest BCUT2D eigenvalue weighted by Crippen LogP contribution is 2.31. The molecular formula is C19H15NO4. The second kappa shape index (κ2) is 6.88. The monoisotopic (exact) mass is 321 g/mol. The molecule has 1 aliphatic heterocycles. The first-order valence-corrected chi connectivity index (χ1v) is 7.41. The summed E-state index contributed by atoms with van der Waals surface area (Å²) < 4.78 is 16.1. The summed E-state index contributed by atoms with van der Waals surface area (Å²) in [5.41, 5.74) is 1.15. The first-order chi connectivity index (χ1) is 11.7. The largest absolute Gasteiger partial charge is 0.497 e. The van der Waals surface area contributed by atoms with Gasteiger partial charge in [0.1, 0.15) is 30.6 Å². The maximum atomic E-state index is 12.5. The van der Waals surface area contributed by atoms with Crippen molar-refractivity contribution in [2.24, 2.45) is 0 Å². The molecule has 0 atom stereocenters. The van der Waals surface area contributed by atoms with Gasteiger partial charge in [0.15, 0.2) is 11.5 Å². The molecule has 2 aromatic rings. The molecule has 0 spiro atoms. The molecule has 0 fully saturated rings. The van der Waals surface area contributed by atoms with Crippen LogP contribution < -0.4 is 14.2 Å². The number of hydrogen-bond donors (Lipinski definition) is 0. The molecular weight excluding hydrogens is 306 g/mol. The van der Waals surface area contributed by atoms with Gasteiger partial charge in [-0.1, -0.05) is 18.2 Å². The number of hydrogen-bond acceptors (Lipinski definition) is 5. The predicted octanol–water partition coefficient (Wildman–Crippen LogP) is 3.26. The van der Waals surface area contributed by atoms with Gasteiger partial charge in [-0.05, 0) is 35.9 Å². The number of carbonyl (C=O) groups excluding carboxylic acids is 1. The topological polar surface area (TPSA) is 68.6 Å². The molecule has 120 valence electrons. The van der Waals surface area contributed by atoms with Crippen LogP contribution >= 0.6 is 0 Å². The number of allylic oxidation sites excluding steroid dienone is 1. The number of Topliss-reactive ketones (excluding diaryl/α,β-unsaturated/α-hetero) is 1. The van der Waals surface area contributed by atoms with Crippen LogP contribution in [0.2, 0.25) is 0 Å². The second-order valence-corrected chi connectivity index (χ2v) is 5.13. The Hall–Kier alpha value is -3.26. The minimum absolute atomic E-state index is 0.0416. The molecule has 1 heterocycles. The zero-order valence-electron chi connectivity index (χ0n) is 13.1. The van der Waals surface area contributed by atoms with Gasteiger partial charge in [0.05, 0.1) is 7.11 Å². The van der Waals surface area contributed by atoms with E-state index in [0.29, 0.717) is 41.6 Å². The Kier molecular flexibility index (Phi) is 4.48. The van der Waals surface area contributed by atoms with Crippen molar-refractivity contribution in [3.63, 3.8) is 0 Å². The van der Waals surface area contributed by atoms with Crippen molar-refractivity contribution in [2.75, 3.05) is 20.3 Å². The first kappa shape index (κ1) is 15.6. The Labute approximate surface area is 139 Å². The van der Waals surface area contributed by atoms with E-state index in [1.54, 1.807) is 48.5 Å². The van der Waals surface area contributed by atoms with E-state index in [-0.39, 0.29) is 11.4 Å². The van der Waals surface area contributed by atoms with E-state index in [0.717, 1.165) is 0 Å². The van der Waals surface area contributed by atoms with Crippen molar-refractivity contribution in [3.8, 4) is 23.3 Å². The summed E-state index contributed by atoms with van der Waals surface area (Å²) in [6, 6.07) is 14.0. The van der Waals surface area contributed by atoms with Crippen LogP contribution in [0.25, 0.3) is 6.08 Å². The number of methoxy groups -OCH3 is 1. The van der Waals surface area contributed by atoms with Gasteiger partial charge in [-0.3, -0.25) is 4.79 Å². The van der Waals surface area contributed by atoms with E-state index in [1.165, 1.54) is 7.11 Å². The molecule has 5 nitrogen and oxygen atoms in total. The predicted molar refractivity (Wildman–Crippen MR) is 88.3 cm³/mol. The fraction of sp³-hybridized carbons (Fsp3) is 0.158. The molecule has 0 amide bonds. The number of nitriles is 1. The van der Waals surface area contributed by atoms with Crippen molar-refractivity contribution in [1.29, 1.82) is 5.26 Å². The van der Waals surface area contributed by atoms with Crippen molar-refractivity contribution in [1.82, 2.24) is 0 Å². The molecule has 0 bridgehead atoms. The van der Waals surface area contributed by atoms with E-state index in [9.17, 15) is 10.1 Å². The highest BCUT2D eigenvalue weighted by molar-refractivity contribution is 6.14. The lowest BCUT2D eigenvalue weighted by Gasteiger charge is -2.18. The molecule has 0 aromatic heterocycles. The van der Waals surface area contributed by atoms with Gasteiger partial charge >= 0.3 is 0 Å². The number of ether oxygens (including phenoxy) is 3. The Balaban J connectivity index is 1.91. The summed E-state index contributed by atoms with van der Waals surface area (Å²) in [5, 5.41) is 9.36. The van der Waals surface area contributed by atoms with Crippen molar-refractivity contribution >= 4 is 11.9 Å². The molecule has 0 radical (unpaired) electrons. The minimum atomic E-state index is -0.355. The Morgan fingerprint density at radius 2 is 1.96 bits per heavy atom. The van der Waals surface area contributed by atoms with Crippen LogP contribution in [0.3, 0.4) is 0 Å². The van der Waals surface area contributed by atoms with Crippen LogP contribution in [0.4, 0.5) is 0 Å². The van der Waals surface area contributed by atoms with Crippen LogP contribution in [-0.4, -0.2) is 26.1 Å². The molecule has 2 aromatic carbocycles. The quantitative estimate of drug-likeness (QED) is 0.491. The number of rotatable bonds is 4. The lowest BCUT2D eigenvalue weighted by molar-refractivity contribution is 0.103. The fourth-order valence-electron chi connectivity index (χ4n) is 2.38. The lowest BCUT2D eigenvalue weighted by Crippen LogP contribution is -2.15. The molecule has 0 N–H and O–H groups in total. The summed E-state index contributed by atoms with van der Waals surface area (Å²) in [6.45, 7) is 0.994. The molecule has 0 unspecified atom stereocenters. The molecule has 24 heavy (non-hydrogen) atoms. The van der Waals surface area contributed by atoms with E-state index in [4.69, 9.17) is 14.2 Å². The molecule has 0 aliphatic carbocycles.